The van der Waals surface area contributed by atoms with E-state index < -0.39 is 58.1 Å². The van der Waals surface area contributed by atoms with Crippen molar-refractivity contribution in [2.45, 2.75) is 92.5 Å². The van der Waals surface area contributed by atoms with Gasteiger partial charge in [0.15, 0.2) is 0 Å². The van der Waals surface area contributed by atoms with E-state index in [1.807, 2.05) is 0 Å². The van der Waals surface area contributed by atoms with Crippen molar-refractivity contribution in [2.24, 2.45) is 4.99 Å². The minimum absolute atomic E-state index is 0.0496. The van der Waals surface area contributed by atoms with Crippen molar-refractivity contribution >= 4 is 53.1 Å². The number of nitrogens with zero attached hydrogens (tertiary/aromatic N) is 4. The van der Waals surface area contributed by atoms with Crippen LogP contribution in [0.5, 0.6) is 0 Å². The van der Waals surface area contributed by atoms with Crippen molar-refractivity contribution in [2.75, 3.05) is 18.8 Å². The van der Waals surface area contributed by atoms with Gasteiger partial charge < -0.3 is 14.2 Å². The van der Waals surface area contributed by atoms with E-state index in [4.69, 9.17) is 14.2 Å². The number of amides is 6. The molecule has 6 amide bonds. The Morgan fingerprint density at radius 3 is 1.80 bits per heavy atom. The summed E-state index contributed by atoms with van der Waals surface area (Å²) in [6, 6.07) is 6.22. The average Bonchev–Trinajstić information content (AvgIpc) is 3.10. The molecular formula is C30H43N5O9S. The van der Waals surface area contributed by atoms with Crippen LogP contribution in [0, 0.1) is 0 Å². The van der Waals surface area contributed by atoms with Crippen molar-refractivity contribution in [3.8, 4) is 0 Å². The summed E-state index contributed by atoms with van der Waals surface area (Å²) in [5.74, 6) is -1.50. The fourth-order valence-corrected chi connectivity index (χ4v) is 4.34. The highest BCUT2D eigenvalue weighted by atomic mass is 32.2. The van der Waals surface area contributed by atoms with Crippen LogP contribution in [-0.2, 0) is 14.2 Å². The van der Waals surface area contributed by atoms with Crippen molar-refractivity contribution in [3.05, 3.63) is 35.4 Å². The predicted molar refractivity (Wildman–Crippen MR) is 168 cm³/mol. The lowest BCUT2D eigenvalue weighted by Gasteiger charge is -2.31. The zero-order chi connectivity index (χ0) is 34.3. The minimum atomic E-state index is -1.11. The molecule has 1 aliphatic rings. The van der Waals surface area contributed by atoms with Gasteiger partial charge in [-0.05, 0) is 86.6 Å². The summed E-state index contributed by atoms with van der Waals surface area (Å²) in [5.41, 5.74) is -2.55. The smallest absolute Gasteiger partial charge is 0.437 e. The summed E-state index contributed by atoms with van der Waals surface area (Å²) in [7, 11) is 0. The molecule has 248 valence electrons. The van der Waals surface area contributed by atoms with E-state index in [9.17, 15) is 28.8 Å². The van der Waals surface area contributed by atoms with Crippen LogP contribution >= 0.6 is 11.8 Å². The lowest BCUT2D eigenvalue weighted by atomic mass is 10.1. The number of imide groups is 1. The van der Waals surface area contributed by atoms with Gasteiger partial charge in [0.05, 0.1) is 11.1 Å². The zero-order valence-corrected chi connectivity index (χ0v) is 28.3. The summed E-state index contributed by atoms with van der Waals surface area (Å²) < 4.78 is 16.1. The van der Waals surface area contributed by atoms with Crippen LogP contribution in [-0.4, -0.2) is 91.9 Å². The molecule has 0 saturated carbocycles. The fraction of sp³-hybridized carbons (Fsp3) is 0.567. The monoisotopic (exact) mass is 649 g/mol. The third kappa shape index (κ3) is 11.4. The first-order valence-electron chi connectivity index (χ1n) is 14.4. The van der Waals surface area contributed by atoms with Crippen LogP contribution in [0.1, 0.15) is 96.4 Å². The van der Waals surface area contributed by atoms with E-state index in [0.717, 1.165) is 26.7 Å². The Balaban J connectivity index is 2.46. The molecule has 0 atom stereocenters. The number of carbonyl (C=O) groups excluding carboxylic acids is 6. The number of hydrogen-bond acceptors (Lipinski definition) is 10. The SMILES string of the molecule is CCSC(=O)N(CCCN(C(=O)OC(C)(C)C)/C(=N\C(=O)OC(C)(C)C)NC(=O)OC(C)(C)C)N1C(=O)c2ccccc2C1=O. The van der Waals surface area contributed by atoms with E-state index in [0.29, 0.717) is 5.75 Å². The normalized spacial score (nSPS) is 13.6. The third-order valence-corrected chi connectivity index (χ3v) is 6.06. The molecule has 0 aliphatic carbocycles. The summed E-state index contributed by atoms with van der Waals surface area (Å²) in [5, 5.41) is 3.56. The number of guanidine groups is 1. The number of carbonyl (C=O) groups is 6. The second-order valence-electron chi connectivity index (χ2n) is 12.8. The minimum Gasteiger partial charge on any atom is -0.444 e. The van der Waals surface area contributed by atoms with E-state index in [1.165, 1.54) is 12.1 Å². The first-order chi connectivity index (χ1) is 20.6. The first kappa shape index (κ1) is 37.0. The van der Waals surface area contributed by atoms with Gasteiger partial charge in [-0.25, -0.2) is 24.3 Å². The highest BCUT2D eigenvalue weighted by Crippen LogP contribution is 2.26. The van der Waals surface area contributed by atoms with Gasteiger partial charge in [-0.1, -0.05) is 30.8 Å². The van der Waals surface area contributed by atoms with Crippen molar-refractivity contribution in [1.29, 1.82) is 0 Å². The molecule has 1 heterocycles. The molecule has 0 unspecified atom stereocenters. The number of thioether (sulfide) groups is 1. The van der Waals surface area contributed by atoms with Gasteiger partial charge >= 0.3 is 23.5 Å². The Morgan fingerprint density at radius 2 is 1.33 bits per heavy atom. The number of alkyl carbamates (subject to hydrolysis) is 1. The zero-order valence-electron chi connectivity index (χ0n) is 27.5. The van der Waals surface area contributed by atoms with Crippen LogP contribution in [0.15, 0.2) is 29.3 Å². The van der Waals surface area contributed by atoms with Crippen LogP contribution in [0.4, 0.5) is 19.2 Å². The highest BCUT2D eigenvalue weighted by molar-refractivity contribution is 8.13. The molecule has 1 aromatic carbocycles. The molecular weight excluding hydrogens is 606 g/mol. The Morgan fingerprint density at radius 1 is 0.822 bits per heavy atom. The Kier molecular flexibility index (Phi) is 12.2. The molecule has 45 heavy (non-hydrogen) atoms. The number of hydrogen-bond donors (Lipinski definition) is 1. The molecule has 0 bridgehead atoms. The second kappa shape index (κ2) is 14.8. The molecule has 0 radical (unpaired) electrons. The van der Waals surface area contributed by atoms with Gasteiger partial charge in [-0.2, -0.15) is 5.01 Å². The largest absolute Gasteiger partial charge is 0.444 e. The Labute approximate surface area is 267 Å². The molecule has 0 fully saturated rings. The van der Waals surface area contributed by atoms with E-state index in [-0.39, 0.29) is 30.6 Å². The summed E-state index contributed by atoms with van der Waals surface area (Å²) in [6.07, 6.45) is -3.15. The predicted octanol–water partition coefficient (Wildman–Crippen LogP) is 5.82. The molecule has 1 aromatic rings. The lowest BCUT2D eigenvalue weighted by molar-refractivity contribution is 0.0198. The Hall–Kier alpha value is -4.14. The summed E-state index contributed by atoms with van der Waals surface area (Å²) >= 11 is 0.893. The molecule has 14 nitrogen and oxygen atoms in total. The average molecular weight is 650 g/mol. The van der Waals surface area contributed by atoms with E-state index >= 15 is 0 Å². The maximum Gasteiger partial charge on any atom is 0.437 e. The first-order valence-corrected chi connectivity index (χ1v) is 15.4. The van der Waals surface area contributed by atoms with Crippen molar-refractivity contribution in [3.63, 3.8) is 0 Å². The van der Waals surface area contributed by atoms with Gasteiger partial charge in [-0.3, -0.25) is 19.7 Å². The number of fused-ring (bicyclic) bond motifs is 1. The molecule has 0 spiro atoms. The Bertz CT molecular complexity index is 1310. The van der Waals surface area contributed by atoms with Crippen molar-refractivity contribution < 1.29 is 43.0 Å². The molecule has 2 rings (SSSR count). The molecule has 1 aliphatic heterocycles. The third-order valence-electron chi connectivity index (χ3n) is 5.32. The van der Waals surface area contributed by atoms with Crippen molar-refractivity contribution in [1.82, 2.24) is 20.2 Å². The summed E-state index contributed by atoms with van der Waals surface area (Å²) in [6.45, 7) is 15.9. The molecule has 15 heteroatoms. The maximum absolute atomic E-state index is 13.4. The summed E-state index contributed by atoms with van der Waals surface area (Å²) in [4.78, 5) is 83.2. The second-order valence-corrected chi connectivity index (χ2v) is 14.0. The van der Waals surface area contributed by atoms with Crippen LogP contribution in [0.25, 0.3) is 0 Å². The molecule has 0 aromatic heterocycles. The number of hydrazine groups is 1. The van der Waals surface area contributed by atoms with Gasteiger partial charge in [0.2, 0.25) is 5.96 Å². The fourth-order valence-electron chi connectivity index (χ4n) is 3.77. The van der Waals surface area contributed by atoms with Crippen LogP contribution in [0.2, 0.25) is 0 Å². The number of rotatable bonds is 6. The van der Waals surface area contributed by atoms with Gasteiger partial charge in [-0.15, -0.1) is 4.99 Å². The quantitative estimate of drug-likeness (QED) is 0.172. The van der Waals surface area contributed by atoms with Gasteiger partial charge in [0.25, 0.3) is 11.8 Å². The number of aliphatic imine (C=N–C) groups is 1. The van der Waals surface area contributed by atoms with E-state index in [2.05, 4.69) is 10.3 Å². The van der Waals surface area contributed by atoms with Gasteiger partial charge in [0.1, 0.15) is 16.8 Å². The maximum atomic E-state index is 13.4. The van der Waals surface area contributed by atoms with E-state index in [1.54, 1.807) is 81.4 Å². The number of ether oxygens (including phenoxy) is 3. The van der Waals surface area contributed by atoms with Gasteiger partial charge in [0, 0.05) is 13.1 Å². The number of nitrogens with one attached hydrogen (secondary N) is 1. The molecule has 0 saturated heterocycles. The highest BCUT2D eigenvalue weighted by Gasteiger charge is 2.41. The lowest BCUT2D eigenvalue weighted by Crippen LogP contribution is -2.52. The topological polar surface area (TPSA) is 164 Å². The number of benzene rings is 1. The standard InChI is InChI=1S/C30H43N5O9S/c1-11-45-27(41)34(35-21(36)19-15-12-13-16-20(19)22(35)37)18-14-17-33(26(40)44-30(8,9)10)23(31-24(38)42-28(2,3)4)32-25(39)43-29(5,6)7/h12-13,15-16H,11,14,17-18H2,1-10H3,(H,31,32,38,39). The molecule has 1 N–H and O–H groups in total. The van der Waals surface area contributed by atoms with Crippen LogP contribution in [0.3, 0.4) is 0 Å². The van der Waals surface area contributed by atoms with Crippen LogP contribution < -0.4 is 5.32 Å².